The molecule has 0 spiro atoms. The first kappa shape index (κ1) is 14.7. The van der Waals surface area contributed by atoms with Gasteiger partial charge in [-0.2, -0.15) is 0 Å². The number of carbonyl (C=O) groups is 2. The molecule has 0 aromatic rings. The van der Waals surface area contributed by atoms with Gasteiger partial charge in [-0.3, -0.25) is 4.79 Å². The Bertz CT molecular complexity index is 405. The van der Waals surface area contributed by atoms with E-state index in [1.165, 1.54) is 0 Å². The van der Waals surface area contributed by atoms with E-state index in [-0.39, 0.29) is 6.42 Å². The number of aliphatic carboxylic acids is 1. The Morgan fingerprint density at radius 2 is 1.85 bits per heavy atom. The highest BCUT2D eigenvalue weighted by Crippen LogP contribution is 2.52. The van der Waals surface area contributed by atoms with Crippen LogP contribution >= 0.6 is 0 Å². The molecule has 1 saturated carbocycles. The second kappa shape index (κ2) is 7.18. The van der Waals surface area contributed by atoms with Crippen molar-refractivity contribution >= 4 is 12.1 Å². The molecule has 0 aromatic heterocycles. The van der Waals surface area contributed by atoms with E-state index < -0.39 is 12.1 Å². The van der Waals surface area contributed by atoms with Crippen molar-refractivity contribution in [3.63, 3.8) is 0 Å². The average molecular weight is 279 g/mol. The lowest BCUT2D eigenvalue weighted by Gasteiger charge is -2.06. The Morgan fingerprint density at radius 1 is 1.20 bits per heavy atom. The number of carbonyl (C=O) groups excluding carboxylic acids is 1. The SMILES string of the molecule is O=C(O)CCCNC(=O)OC[C@@H]1[C@@H]2CCC#CCC[C@@H]21. The zero-order chi connectivity index (χ0) is 14.4. The standard InChI is InChI=1S/C15H21NO4/c17-14(18)8-5-9-16-15(19)20-10-13-11-6-3-1-2-4-7-12(11)13/h11-13H,3-10H2,(H,16,19)(H,17,18)/t11-,12+,13-. The van der Waals surface area contributed by atoms with Crippen LogP contribution in [0, 0.1) is 29.6 Å². The van der Waals surface area contributed by atoms with Crippen LogP contribution in [0.15, 0.2) is 0 Å². The van der Waals surface area contributed by atoms with Crippen LogP contribution in [0.25, 0.3) is 0 Å². The minimum absolute atomic E-state index is 0.0626. The van der Waals surface area contributed by atoms with Crippen molar-refractivity contribution in [1.82, 2.24) is 5.32 Å². The molecule has 0 radical (unpaired) electrons. The fourth-order valence-electron chi connectivity index (χ4n) is 2.94. The highest BCUT2D eigenvalue weighted by molar-refractivity contribution is 5.68. The molecule has 110 valence electrons. The smallest absolute Gasteiger partial charge is 0.407 e. The fourth-order valence-corrected chi connectivity index (χ4v) is 2.94. The molecule has 5 heteroatoms. The summed E-state index contributed by atoms with van der Waals surface area (Å²) in [6.45, 7) is 0.816. The van der Waals surface area contributed by atoms with E-state index in [0.717, 1.165) is 25.7 Å². The van der Waals surface area contributed by atoms with Crippen LogP contribution < -0.4 is 5.32 Å². The number of alkyl carbamates (subject to hydrolysis) is 1. The number of nitrogens with one attached hydrogen (secondary N) is 1. The maximum absolute atomic E-state index is 11.5. The van der Waals surface area contributed by atoms with Gasteiger partial charge in [0.15, 0.2) is 0 Å². The second-order valence-corrected chi connectivity index (χ2v) is 5.44. The lowest BCUT2D eigenvalue weighted by Crippen LogP contribution is -2.26. The third-order valence-electron chi connectivity index (χ3n) is 4.08. The van der Waals surface area contributed by atoms with E-state index in [4.69, 9.17) is 9.84 Å². The summed E-state index contributed by atoms with van der Waals surface area (Å²) < 4.78 is 5.21. The minimum atomic E-state index is -0.850. The summed E-state index contributed by atoms with van der Waals surface area (Å²) in [4.78, 5) is 21.8. The van der Waals surface area contributed by atoms with Gasteiger partial charge >= 0.3 is 12.1 Å². The zero-order valence-electron chi connectivity index (χ0n) is 11.6. The van der Waals surface area contributed by atoms with Crippen LogP contribution in [0.4, 0.5) is 4.79 Å². The molecule has 1 amide bonds. The number of ether oxygens (including phenoxy) is 1. The molecule has 20 heavy (non-hydrogen) atoms. The predicted molar refractivity (Wildman–Crippen MR) is 72.9 cm³/mol. The van der Waals surface area contributed by atoms with Crippen molar-refractivity contribution in [3.05, 3.63) is 0 Å². The van der Waals surface area contributed by atoms with Gasteiger partial charge in [0.05, 0.1) is 6.61 Å². The second-order valence-electron chi connectivity index (χ2n) is 5.44. The number of hydrogen-bond donors (Lipinski definition) is 2. The average Bonchev–Trinajstić information content (AvgIpc) is 3.02. The number of hydrogen-bond acceptors (Lipinski definition) is 3. The molecule has 5 nitrogen and oxygen atoms in total. The van der Waals surface area contributed by atoms with Crippen molar-refractivity contribution in [1.29, 1.82) is 0 Å². The van der Waals surface area contributed by atoms with Gasteiger partial charge in [-0.05, 0) is 37.0 Å². The maximum atomic E-state index is 11.5. The molecule has 0 saturated heterocycles. The predicted octanol–water partition coefficient (Wildman–Crippen LogP) is 2.02. The van der Waals surface area contributed by atoms with Gasteiger partial charge in [0.25, 0.3) is 0 Å². The summed E-state index contributed by atoms with van der Waals surface area (Å²) in [5.74, 6) is 7.29. The monoisotopic (exact) mass is 279 g/mol. The summed E-state index contributed by atoms with van der Waals surface area (Å²) in [6, 6.07) is 0. The van der Waals surface area contributed by atoms with Crippen LogP contribution in [-0.2, 0) is 9.53 Å². The van der Waals surface area contributed by atoms with E-state index in [1.54, 1.807) is 0 Å². The van der Waals surface area contributed by atoms with Gasteiger partial charge in [0.1, 0.15) is 0 Å². The van der Waals surface area contributed by atoms with Crippen molar-refractivity contribution in [3.8, 4) is 11.8 Å². The summed E-state index contributed by atoms with van der Waals surface area (Å²) in [5.41, 5.74) is 0. The largest absolute Gasteiger partial charge is 0.481 e. The zero-order valence-corrected chi connectivity index (χ0v) is 11.6. The summed E-state index contributed by atoms with van der Waals surface area (Å²) in [7, 11) is 0. The molecule has 0 heterocycles. The lowest BCUT2D eigenvalue weighted by molar-refractivity contribution is -0.137. The van der Waals surface area contributed by atoms with Gasteiger partial charge in [0.2, 0.25) is 0 Å². The van der Waals surface area contributed by atoms with Gasteiger partial charge < -0.3 is 15.2 Å². The van der Waals surface area contributed by atoms with Crippen molar-refractivity contribution in [2.45, 2.75) is 38.5 Å². The minimum Gasteiger partial charge on any atom is -0.481 e. The summed E-state index contributed by atoms with van der Waals surface area (Å²) >= 11 is 0. The molecule has 1 fully saturated rings. The Hall–Kier alpha value is -1.70. The number of carboxylic acids is 1. The molecule has 3 atom stereocenters. The van der Waals surface area contributed by atoms with Crippen LogP contribution in [0.5, 0.6) is 0 Å². The molecule has 2 aliphatic rings. The first-order chi connectivity index (χ1) is 9.68. The number of carboxylic acid groups (broad SMARTS) is 1. The molecule has 2 rings (SSSR count). The normalized spacial score (nSPS) is 27.1. The Labute approximate surface area is 119 Å². The Morgan fingerprint density at radius 3 is 2.45 bits per heavy atom. The molecular weight excluding hydrogens is 258 g/mol. The first-order valence-corrected chi connectivity index (χ1v) is 7.26. The van der Waals surface area contributed by atoms with Crippen LogP contribution in [0.3, 0.4) is 0 Å². The molecule has 0 aliphatic heterocycles. The number of amides is 1. The van der Waals surface area contributed by atoms with E-state index in [0.29, 0.717) is 37.3 Å². The molecule has 0 unspecified atom stereocenters. The number of fused-ring (bicyclic) bond motifs is 1. The summed E-state index contributed by atoms with van der Waals surface area (Å²) in [6.07, 6.45) is 4.20. The first-order valence-electron chi connectivity index (χ1n) is 7.26. The van der Waals surface area contributed by atoms with Crippen LogP contribution in [0.1, 0.15) is 38.5 Å². The van der Waals surface area contributed by atoms with E-state index >= 15 is 0 Å². The Kier molecular flexibility index (Phi) is 5.28. The maximum Gasteiger partial charge on any atom is 0.407 e. The van der Waals surface area contributed by atoms with Crippen molar-refractivity contribution in [2.75, 3.05) is 13.2 Å². The highest BCUT2D eigenvalue weighted by Gasteiger charge is 2.49. The van der Waals surface area contributed by atoms with Gasteiger partial charge in [0, 0.05) is 25.8 Å². The summed E-state index contributed by atoms with van der Waals surface area (Å²) in [5, 5.41) is 11.1. The van der Waals surface area contributed by atoms with Crippen molar-refractivity contribution in [2.24, 2.45) is 17.8 Å². The third kappa shape index (κ3) is 4.44. The molecular formula is C15H21NO4. The van der Waals surface area contributed by atoms with Crippen LogP contribution in [-0.4, -0.2) is 30.3 Å². The van der Waals surface area contributed by atoms with E-state index in [1.807, 2.05) is 0 Å². The molecule has 2 N–H and O–H groups in total. The number of rotatable bonds is 6. The van der Waals surface area contributed by atoms with E-state index in [2.05, 4.69) is 17.2 Å². The van der Waals surface area contributed by atoms with Gasteiger partial charge in [-0.25, -0.2) is 4.79 Å². The molecule has 0 aromatic carbocycles. The molecule has 2 aliphatic carbocycles. The third-order valence-corrected chi connectivity index (χ3v) is 4.08. The van der Waals surface area contributed by atoms with E-state index in [9.17, 15) is 9.59 Å². The van der Waals surface area contributed by atoms with Crippen LogP contribution in [0.2, 0.25) is 0 Å². The van der Waals surface area contributed by atoms with Crippen molar-refractivity contribution < 1.29 is 19.4 Å². The lowest BCUT2D eigenvalue weighted by atomic mass is 10.1. The van der Waals surface area contributed by atoms with Gasteiger partial charge in [-0.15, -0.1) is 11.8 Å². The van der Waals surface area contributed by atoms with Gasteiger partial charge in [-0.1, -0.05) is 0 Å². The fraction of sp³-hybridized carbons (Fsp3) is 0.733. The topological polar surface area (TPSA) is 75.6 Å². The quantitative estimate of drug-likeness (QED) is 0.576. The highest BCUT2D eigenvalue weighted by atomic mass is 16.5. The Balaban J connectivity index is 1.57. The molecule has 0 bridgehead atoms.